The molecule has 0 bridgehead atoms. The van der Waals surface area contributed by atoms with Crippen LogP contribution in [0.25, 0.3) is 0 Å². The second-order valence-corrected chi connectivity index (χ2v) is 10.8. The van der Waals surface area contributed by atoms with Crippen LogP contribution >= 0.6 is 11.6 Å². The number of rotatable bonds is 6. The first kappa shape index (κ1) is 26.9. The summed E-state index contributed by atoms with van der Waals surface area (Å²) in [7, 11) is -4.28. The average molecular weight is 536 g/mol. The Bertz CT molecular complexity index is 1240. The molecule has 0 saturated heterocycles. The Morgan fingerprint density at radius 2 is 1.83 bits per heavy atom. The van der Waals surface area contributed by atoms with Crippen LogP contribution < -0.4 is 16.0 Å². The lowest BCUT2D eigenvalue weighted by atomic mass is 10.1. The normalized spacial score (nSPS) is 19.7. The van der Waals surface area contributed by atoms with Gasteiger partial charge < -0.3 is 16.0 Å². The minimum atomic E-state index is -4.41. The zero-order chi connectivity index (χ0) is 26.1. The topological polar surface area (TPSA) is 110 Å². The molecule has 2 aromatic rings. The number of halogens is 5. The van der Waals surface area contributed by atoms with E-state index in [4.69, 9.17) is 17.3 Å². The molecule has 0 unspecified atom stereocenters. The van der Waals surface area contributed by atoms with Crippen LogP contribution in [0.3, 0.4) is 0 Å². The summed E-state index contributed by atoms with van der Waals surface area (Å²) >= 11 is 5.89. The number of nitrogens with one attached hydrogen (secondary N) is 1. The minimum absolute atomic E-state index is 0.156. The number of nitrogens with two attached hydrogens (primary N) is 1. The maximum Gasteiger partial charge on any atom is 0.389 e. The van der Waals surface area contributed by atoms with Crippen LogP contribution in [0.5, 0.6) is 0 Å². The van der Waals surface area contributed by atoms with E-state index >= 15 is 0 Å². The highest BCUT2D eigenvalue weighted by Gasteiger charge is 2.42. The lowest BCUT2D eigenvalue weighted by Crippen LogP contribution is -2.49. The van der Waals surface area contributed by atoms with E-state index in [2.05, 4.69) is 5.32 Å². The van der Waals surface area contributed by atoms with E-state index < -0.39 is 68.2 Å². The van der Waals surface area contributed by atoms with Gasteiger partial charge in [-0.05, 0) is 43.2 Å². The lowest BCUT2D eigenvalue weighted by molar-refractivity contribution is -0.135. The number of sulfone groups is 1. The molecule has 1 aliphatic rings. The van der Waals surface area contributed by atoms with Gasteiger partial charge in [0.05, 0.1) is 27.9 Å². The van der Waals surface area contributed by atoms with Gasteiger partial charge in [0.1, 0.15) is 11.9 Å². The largest absolute Gasteiger partial charge is 0.389 e. The fourth-order valence-electron chi connectivity index (χ4n) is 3.57. The van der Waals surface area contributed by atoms with Gasteiger partial charge in [0, 0.05) is 18.0 Å². The van der Waals surface area contributed by atoms with E-state index in [1.54, 1.807) is 24.3 Å². The van der Waals surface area contributed by atoms with Crippen molar-refractivity contribution in [3.05, 3.63) is 58.4 Å². The molecule has 35 heavy (non-hydrogen) atoms. The molecule has 0 aliphatic carbocycles. The van der Waals surface area contributed by atoms with Gasteiger partial charge in [-0.25, -0.2) is 12.8 Å². The number of hydrogen-bond donors (Lipinski definition) is 2. The van der Waals surface area contributed by atoms with Crippen molar-refractivity contribution in [1.29, 1.82) is 0 Å². The van der Waals surface area contributed by atoms with E-state index in [0.29, 0.717) is 16.7 Å². The van der Waals surface area contributed by atoms with Gasteiger partial charge in [-0.15, -0.1) is 0 Å². The highest BCUT2D eigenvalue weighted by atomic mass is 35.5. The molecule has 7 nitrogen and oxygen atoms in total. The molecule has 1 aliphatic heterocycles. The van der Waals surface area contributed by atoms with Crippen molar-refractivity contribution in [3.8, 4) is 0 Å². The number of anilines is 1. The summed E-state index contributed by atoms with van der Waals surface area (Å²) in [4.78, 5) is 26.2. The Balaban J connectivity index is 2.04. The number of nitrogens with zero attached hydrogens (tertiary/aromatic N) is 1. The fraction of sp³-hybridized carbons (Fsp3) is 0.364. The molecule has 0 saturated carbocycles. The average Bonchev–Trinajstić information content (AvgIpc) is 2.82. The third kappa shape index (κ3) is 5.93. The van der Waals surface area contributed by atoms with Crippen LogP contribution in [0, 0.1) is 5.82 Å². The molecule has 0 radical (unpaired) electrons. The van der Waals surface area contributed by atoms with Crippen LogP contribution in [0.4, 0.5) is 23.2 Å². The van der Waals surface area contributed by atoms with Crippen LogP contribution in [-0.4, -0.2) is 44.2 Å². The molecule has 2 aromatic carbocycles. The fourth-order valence-corrected chi connectivity index (χ4v) is 5.33. The highest BCUT2D eigenvalue weighted by Crippen LogP contribution is 2.36. The third-order valence-corrected chi connectivity index (χ3v) is 8.08. The number of alkyl halides is 3. The Hall–Kier alpha value is -2.70. The Labute approximate surface area is 204 Å². The van der Waals surface area contributed by atoms with Crippen molar-refractivity contribution >= 4 is 38.9 Å². The molecule has 3 N–H and O–H groups in total. The van der Waals surface area contributed by atoms with Gasteiger partial charge in [0.25, 0.3) is 5.91 Å². The SMILES string of the molecule is C[C@@H]1[C@H](N)C(=O)N(Cc2ccc(Cl)cc2)c2cc(C(=O)NCCCC(F)(F)F)c(F)cc2S1(=O)=O. The molecular weight excluding hydrogens is 514 g/mol. The molecule has 3 rings (SSSR count). The lowest BCUT2D eigenvalue weighted by Gasteiger charge is -2.25. The monoisotopic (exact) mass is 535 g/mol. The van der Waals surface area contributed by atoms with Crippen molar-refractivity contribution in [1.82, 2.24) is 5.32 Å². The predicted molar refractivity (Wildman–Crippen MR) is 121 cm³/mol. The second-order valence-electron chi connectivity index (χ2n) is 8.10. The highest BCUT2D eigenvalue weighted by molar-refractivity contribution is 7.92. The molecule has 1 heterocycles. The summed E-state index contributed by atoms with van der Waals surface area (Å²) in [5, 5.41) is 1.23. The van der Waals surface area contributed by atoms with Crippen LogP contribution in [0.15, 0.2) is 41.3 Å². The Kier molecular flexibility index (Phi) is 7.77. The summed E-state index contributed by atoms with van der Waals surface area (Å²) in [6.45, 7) is 0.687. The van der Waals surface area contributed by atoms with Gasteiger partial charge in [-0.1, -0.05) is 23.7 Å². The zero-order valence-corrected chi connectivity index (χ0v) is 20.0. The molecule has 0 fully saturated rings. The molecule has 0 aromatic heterocycles. The first-order valence-electron chi connectivity index (χ1n) is 10.5. The molecular formula is C22H22ClF4N3O4S. The van der Waals surface area contributed by atoms with Gasteiger partial charge in [-0.3, -0.25) is 9.59 Å². The van der Waals surface area contributed by atoms with Crippen molar-refractivity contribution in [3.63, 3.8) is 0 Å². The van der Waals surface area contributed by atoms with Crippen LogP contribution in [0.1, 0.15) is 35.7 Å². The molecule has 13 heteroatoms. The minimum Gasteiger partial charge on any atom is -0.352 e. The summed E-state index contributed by atoms with van der Waals surface area (Å²) in [6.07, 6.45) is -5.98. The van der Waals surface area contributed by atoms with Crippen molar-refractivity contribution in [2.45, 2.75) is 48.7 Å². The number of hydrogen-bond acceptors (Lipinski definition) is 5. The van der Waals surface area contributed by atoms with Crippen molar-refractivity contribution < 1.29 is 35.6 Å². The number of amides is 2. The number of carbonyl (C=O) groups is 2. The third-order valence-electron chi connectivity index (χ3n) is 5.61. The van der Waals surface area contributed by atoms with Gasteiger partial charge >= 0.3 is 6.18 Å². The molecule has 0 spiro atoms. The maximum atomic E-state index is 14.9. The second kappa shape index (κ2) is 10.1. The van der Waals surface area contributed by atoms with Crippen molar-refractivity contribution in [2.24, 2.45) is 5.73 Å². The maximum absolute atomic E-state index is 14.9. The van der Waals surface area contributed by atoms with E-state index in [9.17, 15) is 35.6 Å². The first-order valence-corrected chi connectivity index (χ1v) is 12.4. The van der Waals surface area contributed by atoms with Crippen LogP contribution in [0.2, 0.25) is 5.02 Å². The Morgan fingerprint density at radius 1 is 1.20 bits per heavy atom. The summed E-state index contributed by atoms with van der Waals surface area (Å²) < 4.78 is 78.1. The van der Waals surface area contributed by atoms with Crippen molar-refractivity contribution in [2.75, 3.05) is 11.4 Å². The standard InChI is InChI=1S/C22H22ClF4N3O4S/c1-12-19(28)21(32)30(11-13-3-5-14(23)6-4-13)17-9-15(16(24)10-18(17)35(12,33)34)20(31)29-8-2-7-22(25,26)27/h3-6,9-10,12,19H,2,7-8,11,28H2,1H3,(H,29,31)/t12-,19+/m1/s1. The summed E-state index contributed by atoms with van der Waals surface area (Å²) in [5.41, 5.74) is 5.61. The van der Waals surface area contributed by atoms with E-state index in [1.165, 1.54) is 6.92 Å². The van der Waals surface area contributed by atoms with Gasteiger partial charge in [-0.2, -0.15) is 13.2 Å². The van der Waals surface area contributed by atoms with Crippen LogP contribution in [-0.2, 0) is 21.2 Å². The summed E-state index contributed by atoms with van der Waals surface area (Å²) in [6, 6.07) is 6.38. The van der Waals surface area contributed by atoms with Gasteiger partial charge in [0.2, 0.25) is 5.91 Å². The van der Waals surface area contributed by atoms with E-state index in [1.807, 2.05) is 0 Å². The number of benzene rings is 2. The van der Waals surface area contributed by atoms with Gasteiger partial charge in [0.15, 0.2) is 9.84 Å². The van der Waals surface area contributed by atoms with E-state index in [-0.39, 0.29) is 18.8 Å². The zero-order valence-electron chi connectivity index (χ0n) is 18.4. The number of carbonyl (C=O) groups excluding carboxylic acids is 2. The summed E-state index contributed by atoms with van der Waals surface area (Å²) in [5.74, 6) is -3.02. The molecule has 2 atom stereocenters. The molecule has 190 valence electrons. The smallest absolute Gasteiger partial charge is 0.352 e. The predicted octanol–water partition coefficient (Wildman–Crippen LogP) is 3.59. The quantitative estimate of drug-likeness (QED) is 0.434. The first-order chi connectivity index (χ1) is 16.2. The van der Waals surface area contributed by atoms with E-state index in [0.717, 1.165) is 11.0 Å². The number of fused-ring (bicyclic) bond motifs is 1. The molecule has 2 amide bonds. The Morgan fingerprint density at radius 3 is 2.43 bits per heavy atom.